The van der Waals surface area contributed by atoms with Gasteiger partial charge in [-0.15, -0.1) is 0 Å². The number of amides is 1. The van der Waals surface area contributed by atoms with Gasteiger partial charge in [0.25, 0.3) is 5.91 Å². The second-order valence-corrected chi connectivity index (χ2v) is 6.04. The highest BCUT2D eigenvalue weighted by molar-refractivity contribution is 5.94. The quantitative estimate of drug-likeness (QED) is 0.630. The van der Waals surface area contributed by atoms with Gasteiger partial charge in [-0.05, 0) is 43.0 Å². The van der Waals surface area contributed by atoms with Crippen molar-refractivity contribution in [2.45, 2.75) is 33.6 Å². The number of rotatable bonds is 10. The second-order valence-electron chi connectivity index (χ2n) is 6.04. The van der Waals surface area contributed by atoms with E-state index in [1.54, 1.807) is 18.2 Å². The molecule has 0 aliphatic heterocycles. The number of hydrogen-bond donors (Lipinski definition) is 1. The maximum atomic E-state index is 12.2. The molecule has 150 valence electrons. The molecule has 0 saturated heterocycles. The minimum Gasteiger partial charge on any atom is -0.490 e. The highest BCUT2D eigenvalue weighted by Crippen LogP contribution is 2.26. The molecule has 0 aliphatic carbocycles. The SMILES string of the molecule is CCOc1ccccc1OCC(=O)OCC(=O)Nc1c(CC)cccc1CC. The molecule has 0 radical (unpaired) electrons. The van der Waals surface area contributed by atoms with E-state index in [2.05, 4.69) is 5.32 Å². The zero-order valence-electron chi connectivity index (χ0n) is 16.6. The van der Waals surface area contributed by atoms with E-state index in [1.165, 1.54) is 0 Å². The van der Waals surface area contributed by atoms with E-state index in [0.29, 0.717) is 18.1 Å². The molecule has 0 aliphatic rings. The summed E-state index contributed by atoms with van der Waals surface area (Å²) in [6.07, 6.45) is 1.60. The molecule has 0 atom stereocenters. The lowest BCUT2D eigenvalue weighted by molar-refractivity contribution is -0.149. The minimum absolute atomic E-state index is 0.302. The molecule has 2 aromatic carbocycles. The molecule has 0 unspecified atom stereocenters. The third kappa shape index (κ3) is 6.01. The average molecular weight is 385 g/mol. The smallest absolute Gasteiger partial charge is 0.344 e. The zero-order valence-corrected chi connectivity index (χ0v) is 16.6. The lowest BCUT2D eigenvalue weighted by Crippen LogP contribution is -2.24. The summed E-state index contributed by atoms with van der Waals surface area (Å²) in [7, 11) is 0. The van der Waals surface area contributed by atoms with E-state index in [-0.39, 0.29) is 19.1 Å². The number of hydrogen-bond acceptors (Lipinski definition) is 5. The van der Waals surface area contributed by atoms with Crippen LogP contribution in [0, 0.1) is 0 Å². The largest absolute Gasteiger partial charge is 0.490 e. The fourth-order valence-corrected chi connectivity index (χ4v) is 2.75. The Morgan fingerprint density at radius 3 is 2.00 bits per heavy atom. The molecule has 2 aromatic rings. The van der Waals surface area contributed by atoms with E-state index in [1.807, 2.05) is 45.0 Å². The predicted molar refractivity (Wildman–Crippen MR) is 108 cm³/mol. The summed E-state index contributed by atoms with van der Waals surface area (Å²) in [6.45, 7) is 5.75. The van der Waals surface area contributed by atoms with Crippen LogP contribution in [0.3, 0.4) is 0 Å². The highest BCUT2D eigenvalue weighted by atomic mass is 16.6. The highest BCUT2D eigenvalue weighted by Gasteiger charge is 2.13. The van der Waals surface area contributed by atoms with Crippen LogP contribution < -0.4 is 14.8 Å². The molecule has 6 nitrogen and oxygen atoms in total. The molecular weight excluding hydrogens is 358 g/mol. The van der Waals surface area contributed by atoms with Gasteiger partial charge in [-0.1, -0.05) is 44.2 Å². The van der Waals surface area contributed by atoms with Crippen molar-refractivity contribution >= 4 is 17.6 Å². The molecule has 2 rings (SSSR count). The maximum Gasteiger partial charge on any atom is 0.344 e. The van der Waals surface area contributed by atoms with Crippen LogP contribution in [0.1, 0.15) is 31.9 Å². The standard InChI is InChI=1S/C22H27NO5/c1-4-16-10-9-11-17(5-2)22(16)23-20(24)14-28-21(25)15-27-19-13-8-7-12-18(19)26-6-3/h7-13H,4-6,14-15H2,1-3H3,(H,23,24). The van der Waals surface area contributed by atoms with Gasteiger partial charge in [0, 0.05) is 5.69 Å². The summed E-state index contributed by atoms with van der Waals surface area (Å²) in [5, 5.41) is 2.86. The van der Waals surface area contributed by atoms with Crippen LogP contribution in [0.4, 0.5) is 5.69 Å². The summed E-state index contributed by atoms with van der Waals surface area (Å²) < 4.78 is 15.9. The molecule has 0 aromatic heterocycles. The summed E-state index contributed by atoms with van der Waals surface area (Å²) in [5.74, 6) is 0.00799. The summed E-state index contributed by atoms with van der Waals surface area (Å²) in [5.41, 5.74) is 2.90. The predicted octanol–water partition coefficient (Wildman–Crippen LogP) is 3.77. The number of anilines is 1. The van der Waals surface area contributed by atoms with Gasteiger partial charge in [0.05, 0.1) is 6.61 Å². The third-order valence-corrected chi connectivity index (χ3v) is 4.12. The Labute approximate surface area is 165 Å². The van der Waals surface area contributed by atoms with Crippen LogP contribution >= 0.6 is 0 Å². The normalized spacial score (nSPS) is 10.2. The number of nitrogens with one attached hydrogen (secondary N) is 1. The van der Waals surface area contributed by atoms with Gasteiger partial charge in [0.2, 0.25) is 0 Å². The summed E-state index contributed by atoms with van der Waals surface area (Å²) >= 11 is 0. The fraction of sp³-hybridized carbons (Fsp3) is 0.364. The summed E-state index contributed by atoms with van der Waals surface area (Å²) in [4.78, 5) is 24.1. The molecule has 6 heteroatoms. The number of carbonyl (C=O) groups excluding carboxylic acids is 2. The molecule has 0 spiro atoms. The molecule has 1 N–H and O–H groups in total. The van der Waals surface area contributed by atoms with Gasteiger partial charge in [-0.25, -0.2) is 4.79 Å². The molecule has 0 saturated carbocycles. The molecular formula is C22H27NO5. The van der Waals surface area contributed by atoms with Crippen molar-refractivity contribution in [2.24, 2.45) is 0 Å². The molecule has 0 bridgehead atoms. The Bertz CT molecular complexity index is 781. The van der Waals surface area contributed by atoms with Crippen molar-refractivity contribution in [3.8, 4) is 11.5 Å². The van der Waals surface area contributed by atoms with Crippen molar-refractivity contribution in [3.63, 3.8) is 0 Å². The first kappa shape index (κ1) is 21.3. The molecule has 0 fully saturated rings. The van der Waals surface area contributed by atoms with Crippen molar-refractivity contribution in [2.75, 3.05) is 25.1 Å². The van der Waals surface area contributed by atoms with Crippen LogP contribution in [0.2, 0.25) is 0 Å². The van der Waals surface area contributed by atoms with E-state index in [9.17, 15) is 9.59 Å². The monoisotopic (exact) mass is 385 g/mol. The Morgan fingerprint density at radius 1 is 0.821 bits per heavy atom. The number of aryl methyl sites for hydroxylation is 2. The third-order valence-electron chi connectivity index (χ3n) is 4.12. The Morgan fingerprint density at radius 2 is 1.43 bits per heavy atom. The lowest BCUT2D eigenvalue weighted by Gasteiger charge is -2.14. The minimum atomic E-state index is -0.624. The Balaban J connectivity index is 1.86. The van der Waals surface area contributed by atoms with Crippen molar-refractivity contribution < 1.29 is 23.8 Å². The molecule has 0 heterocycles. The Hall–Kier alpha value is -3.02. The van der Waals surface area contributed by atoms with Crippen molar-refractivity contribution in [1.82, 2.24) is 0 Å². The van der Waals surface area contributed by atoms with E-state index < -0.39 is 5.97 Å². The van der Waals surface area contributed by atoms with Gasteiger partial charge in [0.15, 0.2) is 24.7 Å². The van der Waals surface area contributed by atoms with Gasteiger partial charge >= 0.3 is 5.97 Å². The number of para-hydroxylation sites is 3. The van der Waals surface area contributed by atoms with E-state index in [4.69, 9.17) is 14.2 Å². The number of ether oxygens (including phenoxy) is 3. The first-order chi connectivity index (χ1) is 13.6. The van der Waals surface area contributed by atoms with Crippen LogP contribution in [0.25, 0.3) is 0 Å². The van der Waals surface area contributed by atoms with Crippen LogP contribution in [0.5, 0.6) is 11.5 Å². The van der Waals surface area contributed by atoms with Crippen molar-refractivity contribution in [1.29, 1.82) is 0 Å². The molecule has 28 heavy (non-hydrogen) atoms. The van der Waals surface area contributed by atoms with Crippen LogP contribution in [0.15, 0.2) is 42.5 Å². The molecule has 1 amide bonds. The van der Waals surface area contributed by atoms with E-state index in [0.717, 1.165) is 29.7 Å². The van der Waals surface area contributed by atoms with Crippen LogP contribution in [-0.2, 0) is 27.2 Å². The number of carbonyl (C=O) groups is 2. The average Bonchev–Trinajstić information content (AvgIpc) is 2.72. The van der Waals surface area contributed by atoms with Crippen molar-refractivity contribution in [3.05, 3.63) is 53.6 Å². The second kappa shape index (κ2) is 11.0. The maximum absolute atomic E-state index is 12.2. The number of benzene rings is 2. The van der Waals surface area contributed by atoms with Gasteiger partial charge in [-0.3, -0.25) is 4.79 Å². The zero-order chi connectivity index (χ0) is 20.4. The topological polar surface area (TPSA) is 73.9 Å². The van der Waals surface area contributed by atoms with Crippen LogP contribution in [-0.4, -0.2) is 31.7 Å². The Kier molecular flexibility index (Phi) is 8.34. The number of esters is 1. The first-order valence-corrected chi connectivity index (χ1v) is 9.49. The summed E-state index contributed by atoms with van der Waals surface area (Å²) in [6, 6.07) is 13.0. The van der Waals surface area contributed by atoms with Gasteiger partial charge < -0.3 is 19.5 Å². The fourth-order valence-electron chi connectivity index (χ4n) is 2.75. The first-order valence-electron chi connectivity index (χ1n) is 9.49. The lowest BCUT2D eigenvalue weighted by atomic mass is 10.0. The van der Waals surface area contributed by atoms with Gasteiger partial charge in [0.1, 0.15) is 0 Å². The van der Waals surface area contributed by atoms with E-state index >= 15 is 0 Å². The van der Waals surface area contributed by atoms with Gasteiger partial charge in [-0.2, -0.15) is 0 Å².